The van der Waals surface area contributed by atoms with Crippen molar-refractivity contribution in [2.45, 2.75) is 12.8 Å². The summed E-state index contributed by atoms with van der Waals surface area (Å²) in [6.07, 6.45) is 2.32. The summed E-state index contributed by atoms with van der Waals surface area (Å²) in [5.74, 6) is 0.932. The number of carbonyl (C=O) groups excluding carboxylic acids is 1. The Hall–Kier alpha value is -2.30. The molecule has 1 aromatic heterocycles. The molecule has 1 aromatic carbocycles. The molecule has 1 amide bonds. The summed E-state index contributed by atoms with van der Waals surface area (Å²) < 4.78 is 10.2. The van der Waals surface area contributed by atoms with Crippen molar-refractivity contribution in [3.63, 3.8) is 0 Å². The van der Waals surface area contributed by atoms with E-state index < -0.39 is 5.63 Å². The predicted octanol–water partition coefficient (Wildman–Crippen LogP) is 1.94. The number of fused-ring (bicyclic) bond motifs is 1. The first kappa shape index (κ1) is 12.7. The van der Waals surface area contributed by atoms with Gasteiger partial charge in [-0.1, -0.05) is 0 Å². The van der Waals surface area contributed by atoms with Crippen molar-refractivity contribution in [1.29, 1.82) is 0 Å². The second-order valence-corrected chi connectivity index (χ2v) is 4.99. The Labute approximate surface area is 115 Å². The predicted molar refractivity (Wildman–Crippen MR) is 74.1 cm³/mol. The highest BCUT2D eigenvalue weighted by molar-refractivity contribution is 6.05. The van der Waals surface area contributed by atoms with Crippen LogP contribution in [-0.4, -0.2) is 19.6 Å². The van der Waals surface area contributed by atoms with Crippen molar-refractivity contribution in [3.8, 4) is 5.75 Å². The molecule has 104 valence electrons. The fourth-order valence-corrected chi connectivity index (χ4v) is 2.11. The maximum atomic E-state index is 12.2. The summed E-state index contributed by atoms with van der Waals surface area (Å²) in [5, 5.41) is 3.47. The molecule has 5 nitrogen and oxygen atoms in total. The van der Waals surface area contributed by atoms with Gasteiger partial charge in [0, 0.05) is 24.1 Å². The highest BCUT2D eigenvalue weighted by atomic mass is 16.5. The third-order valence-electron chi connectivity index (χ3n) is 3.44. The molecule has 0 unspecified atom stereocenters. The minimum absolute atomic E-state index is 0.236. The fourth-order valence-electron chi connectivity index (χ4n) is 2.11. The number of hydrogen-bond acceptors (Lipinski definition) is 4. The minimum atomic E-state index is -0.540. The maximum Gasteiger partial charge on any atom is 0.337 e. The van der Waals surface area contributed by atoms with Crippen LogP contribution in [-0.2, 0) is 0 Å². The van der Waals surface area contributed by atoms with Gasteiger partial charge in [0.15, 0.2) is 0 Å². The molecule has 20 heavy (non-hydrogen) atoms. The van der Waals surface area contributed by atoms with Crippen LogP contribution in [0.4, 0.5) is 0 Å². The van der Waals surface area contributed by atoms with Crippen molar-refractivity contribution in [2.24, 2.45) is 5.92 Å². The lowest BCUT2D eigenvalue weighted by molar-refractivity contribution is 0.0953. The first-order valence-corrected chi connectivity index (χ1v) is 6.57. The van der Waals surface area contributed by atoms with Crippen molar-refractivity contribution < 1.29 is 13.9 Å². The maximum absolute atomic E-state index is 12.2. The first-order chi connectivity index (χ1) is 9.67. The minimum Gasteiger partial charge on any atom is -0.497 e. The number of benzene rings is 1. The normalized spacial score (nSPS) is 14.2. The molecule has 0 bridgehead atoms. The van der Waals surface area contributed by atoms with E-state index in [4.69, 9.17) is 9.15 Å². The zero-order valence-electron chi connectivity index (χ0n) is 11.1. The molecule has 5 heteroatoms. The third kappa shape index (κ3) is 2.52. The fraction of sp³-hybridized carbons (Fsp3) is 0.333. The van der Waals surface area contributed by atoms with Crippen molar-refractivity contribution in [3.05, 3.63) is 40.2 Å². The number of carbonyl (C=O) groups is 1. The number of ether oxygens (including phenoxy) is 1. The van der Waals surface area contributed by atoms with Gasteiger partial charge in [0.25, 0.3) is 5.91 Å². The molecule has 1 heterocycles. The van der Waals surface area contributed by atoms with Crippen LogP contribution in [0.1, 0.15) is 23.2 Å². The van der Waals surface area contributed by atoms with Crippen LogP contribution >= 0.6 is 0 Å². The highest BCUT2D eigenvalue weighted by Gasteiger charge is 2.22. The van der Waals surface area contributed by atoms with E-state index in [1.54, 1.807) is 18.2 Å². The Morgan fingerprint density at radius 1 is 1.40 bits per heavy atom. The molecular formula is C15H15NO4. The average Bonchev–Trinajstić information content (AvgIpc) is 3.27. The highest BCUT2D eigenvalue weighted by Crippen LogP contribution is 2.28. The molecule has 1 aliphatic rings. The van der Waals surface area contributed by atoms with E-state index in [-0.39, 0.29) is 5.91 Å². The quantitative estimate of drug-likeness (QED) is 0.864. The van der Waals surface area contributed by atoms with Gasteiger partial charge in [-0.2, -0.15) is 0 Å². The van der Waals surface area contributed by atoms with Gasteiger partial charge in [-0.05, 0) is 30.9 Å². The lowest BCUT2D eigenvalue weighted by atomic mass is 10.1. The number of hydrogen-bond donors (Lipinski definition) is 1. The van der Waals surface area contributed by atoms with Crippen molar-refractivity contribution >= 4 is 16.9 Å². The molecule has 1 N–H and O–H groups in total. The molecule has 0 radical (unpaired) electrons. The summed E-state index contributed by atoms with van der Waals surface area (Å²) in [6.45, 7) is 0.663. The number of nitrogens with one attached hydrogen (secondary N) is 1. The monoisotopic (exact) mass is 273 g/mol. The zero-order chi connectivity index (χ0) is 14.1. The lowest BCUT2D eigenvalue weighted by Crippen LogP contribution is -2.26. The Bertz CT molecular complexity index is 715. The Morgan fingerprint density at radius 3 is 2.90 bits per heavy atom. The summed E-state index contributed by atoms with van der Waals surface area (Å²) in [5.41, 5.74) is 0.162. The van der Waals surface area contributed by atoms with E-state index in [0.29, 0.717) is 34.7 Å². The van der Waals surface area contributed by atoms with E-state index in [2.05, 4.69) is 5.32 Å². The molecule has 0 saturated heterocycles. The second-order valence-electron chi connectivity index (χ2n) is 4.99. The molecule has 0 atom stereocenters. The molecular weight excluding hydrogens is 258 g/mol. The van der Waals surface area contributed by atoms with E-state index in [0.717, 1.165) is 12.8 Å². The average molecular weight is 273 g/mol. The largest absolute Gasteiger partial charge is 0.497 e. The zero-order valence-corrected chi connectivity index (χ0v) is 11.1. The van der Waals surface area contributed by atoms with Gasteiger partial charge in [-0.3, -0.25) is 4.79 Å². The van der Waals surface area contributed by atoms with Gasteiger partial charge >= 0.3 is 5.63 Å². The van der Waals surface area contributed by atoms with E-state index >= 15 is 0 Å². The standard InChI is InChI=1S/C15H15NO4/c1-19-10-4-5-11-12(7-14(17)20-13(11)6-10)15(18)16-8-9-2-3-9/h4-7,9H,2-3,8H2,1H3,(H,16,18). The van der Waals surface area contributed by atoms with Crippen LogP contribution in [0.5, 0.6) is 5.75 Å². The molecule has 2 aromatic rings. The first-order valence-electron chi connectivity index (χ1n) is 6.57. The summed E-state index contributed by atoms with van der Waals surface area (Å²) >= 11 is 0. The summed E-state index contributed by atoms with van der Waals surface area (Å²) in [4.78, 5) is 23.7. The van der Waals surface area contributed by atoms with Gasteiger partial charge in [-0.15, -0.1) is 0 Å². The topological polar surface area (TPSA) is 68.5 Å². The summed E-state index contributed by atoms with van der Waals surface area (Å²) in [7, 11) is 1.53. The van der Waals surface area contributed by atoms with Gasteiger partial charge in [0.1, 0.15) is 11.3 Å². The number of amides is 1. The SMILES string of the molecule is COc1ccc2c(C(=O)NCC3CC3)cc(=O)oc2c1. The van der Waals surface area contributed by atoms with Gasteiger partial charge in [0.2, 0.25) is 0 Å². The van der Waals surface area contributed by atoms with E-state index in [1.165, 1.54) is 13.2 Å². The van der Waals surface area contributed by atoms with Crippen molar-refractivity contribution in [1.82, 2.24) is 5.32 Å². The Balaban J connectivity index is 1.99. The molecule has 0 spiro atoms. The number of rotatable bonds is 4. The van der Waals surface area contributed by atoms with Gasteiger partial charge < -0.3 is 14.5 Å². The number of methoxy groups -OCH3 is 1. The Kier molecular flexibility index (Phi) is 3.18. The van der Waals surface area contributed by atoms with Gasteiger partial charge in [-0.25, -0.2) is 4.79 Å². The van der Waals surface area contributed by atoms with Crippen molar-refractivity contribution in [2.75, 3.05) is 13.7 Å². The molecule has 3 rings (SSSR count). The second kappa shape index (κ2) is 5.00. The van der Waals surface area contributed by atoms with Crippen LogP contribution in [0.25, 0.3) is 11.0 Å². The van der Waals surface area contributed by atoms with Crippen LogP contribution in [0, 0.1) is 5.92 Å². The van der Waals surface area contributed by atoms with Crippen LogP contribution in [0.2, 0.25) is 0 Å². The van der Waals surface area contributed by atoms with Crippen LogP contribution in [0.3, 0.4) is 0 Å². The Morgan fingerprint density at radius 2 is 2.20 bits per heavy atom. The van der Waals surface area contributed by atoms with E-state index in [9.17, 15) is 9.59 Å². The molecule has 1 saturated carbocycles. The smallest absolute Gasteiger partial charge is 0.337 e. The van der Waals surface area contributed by atoms with Gasteiger partial charge in [0.05, 0.1) is 12.7 Å². The van der Waals surface area contributed by atoms with Crippen LogP contribution < -0.4 is 15.7 Å². The van der Waals surface area contributed by atoms with E-state index in [1.807, 2.05) is 0 Å². The summed E-state index contributed by atoms with van der Waals surface area (Å²) in [6, 6.07) is 6.30. The molecule has 1 fully saturated rings. The lowest BCUT2D eigenvalue weighted by Gasteiger charge is -2.07. The third-order valence-corrected chi connectivity index (χ3v) is 3.44. The molecule has 1 aliphatic carbocycles. The molecule has 0 aliphatic heterocycles. The van der Waals surface area contributed by atoms with Crippen LogP contribution in [0.15, 0.2) is 33.5 Å².